The lowest BCUT2D eigenvalue weighted by atomic mass is 10.1. The zero-order chi connectivity index (χ0) is 15.6. The fourth-order valence-electron chi connectivity index (χ4n) is 2.53. The maximum absolute atomic E-state index is 12.1. The number of rotatable bonds is 7. The highest BCUT2D eigenvalue weighted by Crippen LogP contribution is 2.37. The van der Waals surface area contributed by atoms with Crippen LogP contribution in [0.25, 0.3) is 0 Å². The van der Waals surface area contributed by atoms with Crippen molar-refractivity contribution in [2.75, 3.05) is 20.5 Å². The molecular formula is C15H23NO4S. The van der Waals surface area contributed by atoms with E-state index in [1.165, 1.54) is 6.26 Å². The molecular weight excluding hydrogens is 290 g/mol. The van der Waals surface area contributed by atoms with Gasteiger partial charge in [-0.15, -0.1) is 0 Å². The van der Waals surface area contributed by atoms with Crippen LogP contribution in [0.3, 0.4) is 0 Å². The average molecular weight is 313 g/mol. The van der Waals surface area contributed by atoms with E-state index in [0.717, 1.165) is 18.4 Å². The van der Waals surface area contributed by atoms with Gasteiger partial charge >= 0.3 is 0 Å². The van der Waals surface area contributed by atoms with Gasteiger partial charge in [0.05, 0.1) is 20.5 Å². The third kappa shape index (κ3) is 3.89. The summed E-state index contributed by atoms with van der Waals surface area (Å²) in [5.41, 5.74) is 0.844. The van der Waals surface area contributed by atoms with Gasteiger partial charge in [-0.05, 0) is 31.7 Å². The topological polar surface area (TPSA) is 55.8 Å². The van der Waals surface area contributed by atoms with Gasteiger partial charge in [0.2, 0.25) is 10.0 Å². The third-order valence-electron chi connectivity index (χ3n) is 4.00. The first-order chi connectivity index (χ1) is 9.86. The van der Waals surface area contributed by atoms with E-state index in [0.29, 0.717) is 24.0 Å². The molecule has 1 atom stereocenters. The van der Waals surface area contributed by atoms with Crippen molar-refractivity contribution in [3.8, 4) is 11.5 Å². The first-order valence-electron chi connectivity index (χ1n) is 7.04. The normalized spacial score (nSPS) is 16.8. The van der Waals surface area contributed by atoms with Gasteiger partial charge in [0.15, 0.2) is 0 Å². The van der Waals surface area contributed by atoms with Crippen LogP contribution in [-0.4, -0.2) is 39.2 Å². The summed E-state index contributed by atoms with van der Waals surface area (Å²) in [6.07, 6.45) is 3.47. The highest BCUT2D eigenvalue weighted by molar-refractivity contribution is 7.88. The summed E-state index contributed by atoms with van der Waals surface area (Å²) in [5, 5.41) is 0. The number of ether oxygens (including phenoxy) is 2. The van der Waals surface area contributed by atoms with Gasteiger partial charge in [0, 0.05) is 24.2 Å². The molecule has 1 aliphatic rings. The van der Waals surface area contributed by atoms with Crippen LogP contribution < -0.4 is 9.47 Å². The van der Waals surface area contributed by atoms with Crippen LogP contribution in [0.4, 0.5) is 0 Å². The Hall–Kier alpha value is -1.27. The number of hydrogen-bond donors (Lipinski definition) is 0. The summed E-state index contributed by atoms with van der Waals surface area (Å²) < 4.78 is 36.3. The largest absolute Gasteiger partial charge is 0.497 e. The monoisotopic (exact) mass is 313 g/mol. The van der Waals surface area contributed by atoms with Crippen LogP contribution in [-0.2, 0) is 16.6 Å². The molecule has 2 rings (SSSR count). The number of methoxy groups -OCH3 is 2. The Labute approximate surface area is 126 Å². The first-order valence-corrected chi connectivity index (χ1v) is 8.89. The minimum Gasteiger partial charge on any atom is -0.497 e. The molecule has 0 saturated heterocycles. The first kappa shape index (κ1) is 16.1. The van der Waals surface area contributed by atoms with Crippen molar-refractivity contribution in [3.05, 3.63) is 23.8 Å². The molecule has 0 radical (unpaired) electrons. The Balaban J connectivity index is 2.28. The molecule has 21 heavy (non-hydrogen) atoms. The van der Waals surface area contributed by atoms with Gasteiger partial charge in [-0.3, -0.25) is 0 Å². The molecule has 1 aliphatic carbocycles. The molecule has 0 aromatic heterocycles. The summed E-state index contributed by atoms with van der Waals surface area (Å²) in [6.45, 7) is 2.30. The second-order valence-electron chi connectivity index (χ2n) is 5.56. The molecule has 118 valence electrons. The van der Waals surface area contributed by atoms with Gasteiger partial charge in [0.25, 0.3) is 0 Å². The van der Waals surface area contributed by atoms with Crippen molar-refractivity contribution in [1.82, 2.24) is 4.31 Å². The highest BCUT2D eigenvalue weighted by atomic mass is 32.2. The van der Waals surface area contributed by atoms with E-state index in [1.54, 1.807) is 24.6 Å². The molecule has 0 amide bonds. The van der Waals surface area contributed by atoms with E-state index in [9.17, 15) is 8.42 Å². The fourth-order valence-corrected chi connectivity index (χ4v) is 3.68. The molecule has 1 saturated carbocycles. The molecule has 1 unspecified atom stereocenters. The number of nitrogens with zero attached hydrogens (tertiary/aromatic N) is 1. The number of sulfonamides is 1. The van der Waals surface area contributed by atoms with E-state index in [2.05, 4.69) is 0 Å². The second kappa shape index (κ2) is 6.23. The zero-order valence-electron chi connectivity index (χ0n) is 13.0. The minimum absolute atomic E-state index is 0.0202. The van der Waals surface area contributed by atoms with Gasteiger partial charge < -0.3 is 9.47 Å². The molecule has 0 N–H and O–H groups in total. The maximum Gasteiger partial charge on any atom is 0.211 e. The maximum atomic E-state index is 12.1. The molecule has 1 fully saturated rings. The minimum atomic E-state index is -3.26. The highest BCUT2D eigenvalue weighted by Gasteiger charge is 2.36. The molecule has 0 bridgehead atoms. The summed E-state index contributed by atoms with van der Waals surface area (Å²) in [5.74, 6) is 1.81. The Morgan fingerprint density at radius 2 is 1.95 bits per heavy atom. The molecule has 0 aliphatic heterocycles. The molecule has 1 aromatic rings. The van der Waals surface area contributed by atoms with Crippen molar-refractivity contribution in [1.29, 1.82) is 0 Å². The van der Waals surface area contributed by atoms with Crippen molar-refractivity contribution < 1.29 is 17.9 Å². The van der Waals surface area contributed by atoms with Gasteiger partial charge in [-0.1, -0.05) is 6.07 Å². The molecule has 1 aromatic carbocycles. The van der Waals surface area contributed by atoms with E-state index in [4.69, 9.17) is 9.47 Å². The smallest absolute Gasteiger partial charge is 0.211 e. The molecule has 6 heteroatoms. The van der Waals surface area contributed by atoms with E-state index in [1.807, 2.05) is 19.1 Å². The van der Waals surface area contributed by atoms with Gasteiger partial charge in [-0.25, -0.2) is 8.42 Å². The van der Waals surface area contributed by atoms with Gasteiger partial charge in [0.1, 0.15) is 11.5 Å². The summed E-state index contributed by atoms with van der Waals surface area (Å²) in [6, 6.07) is 5.47. The molecule has 5 nitrogen and oxygen atoms in total. The van der Waals surface area contributed by atoms with E-state index in [-0.39, 0.29) is 6.04 Å². The summed E-state index contributed by atoms with van der Waals surface area (Å²) >= 11 is 0. The summed E-state index contributed by atoms with van der Waals surface area (Å²) in [7, 11) is -0.0950. The van der Waals surface area contributed by atoms with Crippen LogP contribution >= 0.6 is 0 Å². The van der Waals surface area contributed by atoms with Crippen LogP contribution in [0.5, 0.6) is 11.5 Å². The van der Waals surface area contributed by atoms with Crippen molar-refractivity contribution >= 4 is 10.0 Å². The number of hydrogen-bond acceptors (Lipinski definition) is 4. The van der Waals surface area contributed by atoms with Crippen LogP contribution in [0.15, 0.2) is 18.2 Å². The Morgan fingerprint density at radius 3 is 2.43 bits per heavy atom. The van der Waals surface area contributed by atoms with Crippen LogP contribution in [0.2, 0.25) is 0 Å². The zero-order valence-corrected chi connectivity index (χ0v) is 13.8. The molecule has 0 spiro atoms. The lowest BCUT2D eigenvalue weighted by Crippen LogP contribution is -2.38. The summed E-state index contributed by atoms with van der Waals surface area (Å²) in [4.78, 5) is 0. The van der Waals surface area contributed by atoms with Crippen molar-refractivity contribution in [2.24, 2.45) is 5.92 Å². The van der Waals surface area contributed by atoms with E-state index < -0.39 is 10.0 Å². The lowest BCUT2D eigenvalue weighted by Gasteiger charge is -2.27. The standard InChI is InChI=1S/C15H23NO4S/c1-11(12-5-6-12)16(21(4,17)18)10-13-7-8-14(19-2)9-15(13)20-3/h7-9,11-12H,5-6,10H2,1-4H3. The number of benzene rings is 1. The predicted octanol–water partition coefficient (Wildman–Crippen LogP) is 2.26. The fraction of sp³-hybridized carbons (Fsp3) is 0.600. The Kier molecular flexibility index (Phi) is 4.78. The lowest BCUT2D eigenvalue weighted by molar-refractivity contribution is 0.299. The average Bonchev–Trinajstić information content (AvgIpc) is 3.27. The van der Waals surface area contributed by atoms with Crippen LogP contribution in [0, 0.1) is 5.92 Å². The SMILES string of the molecule is COc1ccc(CN(C(C)C2CC2)S(C)(=O)=O)c(OC)c1. The Morgan fingerprint density at radius 1 is 1.29 bits per heavy atom. The third-order valence-corrected chi connectivity index (χ3v) is 5.32. The van der Waals surface area contributed by atoms with E-state index >= 15 is 0 Å². The van der Waals surface area contributed by atoms with Crippen molar-refractivity contribution in [2.45, 2.75) is 32.4 Å². The Bertz CT molecular complexity index is 596. The predicted molar refractivity (Wildman–Crippen MR) is 82.1 cm³/mol. The van der Waals surface area contributed by atoms with Gasteiger partial charge in [-0.2, -0.15) is 4.31 Å². The molecule has 0 heterocycles. The second-order valence-corrected chi connectivity index (χ2v) is 7.50. The van der Waals surface area contributed by atoms with Crippen molar-refractivity contribution in [3.63, 3.8) is 0 Å². The van der Waals surface area contributed by atoms with Crippen LogP contribution in [0.1, 0.15) is 25.3 Å². The quantitative estimate of drug-likeness (QED) is 0.775.